The smallest absolute Gasteiger partial charge is 0.335 e. The Balaban J connectivity index is 1.74. The van der Waals surface area contributed by atoms with Gasteiger partial charge in [0.1, 0.15) is 11.9 Å². The first-order chi connectivity index (χ1) is 11.1. The number of hydrogen-bond acceptors (Lipinski definition) is 5. The summed E-state index contributed by atoms with van der Waals surface area (Å²) in [6.07, 6.45) is 5.11. The number of ether oxygens (including phenoxy) is 2. The van der Waals surface area contributed by atoms with Crippen LogP contribution >= 0.6 is 11.6 Å². The first-order valence-electron chi connectivity index (χ1n) is 7.89. The second kappa shape index (κ2) is 8.89. The van der Waals surface area contributed by atoms with Gasteiger partial charge < -0.3 is 14.4 Å². The molecule has 0 amide bonds. The number of carbonyl (C=O) groups excluding carboxylic acids is 1. The molecular weight excluding hydrogens is 316 g/mol. The minimum atomic E-state index is -0.536. The third kappa shape index (κ3) is 5.52. The van der Waals surface area contributed by atoms with Crippen molar-refractivity contribution in [3.63, 3.8) is 0 Å². The highest BCUT2D eigenvalue weighted by Gasteiger charge is 2.25. The van der Waals surface area contributed by atoms with Crippen molar-refractivity contribution in [1.29, 1.82) is 0 Å². The van der Waals surface area contributed by atoms with Crippen molar-refractivity contribution in [2.24, 2.45) is 0 Å². The van der Waals surface area contributed by atoms with E-state index in [-0.39, 0.29) is 12.1 Å². The molecule has 0 aliphatic carbocycles. The fourth-order valence-corrected chi connectivity index (χ4v) is 2.53. The molecule has 6 heteroatoms. The number of hydrogen-bond donors (Lipinski definition) is 0. The first-order valence-corrected chi connectivity index (χ1v) is 8.27. The number of halogens is 1. The van der Waals surface area contributed by atoms with Gasteiger partial charge in [-0.25, -0.2) is 9.78 Å². The van der Waals surface area contributed by atoms with E-state index >= 15 is 0 Å². The summed E-state index contributed by atoms with van der Waals surface area (Å²) in [4.78, 5) is 18.5. The third-order valence-electron chi connectivity index (χ3n) is 3.78. The molecule has 2 heterocycles. The van der Waals surface area contributed by atoms with E-state index in [2.05, 4.69) is 16.5 Å². The maximum Gasteiger partial charge on any atom is 0.335 e. The van der Waals surface area contributed by atoms with Crippen LogP contribution in [0.1, 0.15) is 26.2 Å². The fraction of sp³-hybridized carbons (Fsp3) is 0.529. The topological polar surface area (TPSA) is 51.7 Å². The lowest BCUT2D eigenvalue weighted by atomic mass is 10.1. The van der Waals surface area contributed by atoms with Crippen molar-refractivity contribution < 1.29 is 14.3 Å². The summed E-state index contributed by atoms with van der Waals surface area (Å²) in [5, 5.41) is 0.628. The van der Waals surface area contributed by atoms with Gasteiger partial charge in [-0.05, 0) is 25.5 Å². The quantitative estimate of drug-likeness (QED) is 0.434. The molecule has 0 N–H and O–H groups in total. The molecule has 5 nitrogen and oxygen atoms in total. The lowest BCUT2D eigenvalue weighted by molar-refractivity contribution is -0.162. The molecule has 1 fully saturated rings. The molecule has 126 valence electrons. The molecule has 0 bridgehead atoms. The highest BCUT2D eigenvalue weighted by atomic mass is 35.5. The predicted octanol–water partition coefficient (Wildman–Crippen LogP) is 3.23. The van der Waals surface area contributed by atoms with Crippen LogP contribution in [0.25, 0.3) is 0 Å². The molecule has 1 aliphatic rings. The standard InChI is InChI=1S/C17H23ClN2O3/c1-3-4-11-22-13(2)17(21)23-15-7-9-20(10-8-15)16-6-5-14(18)12-19-16/h3,5-6,12-13,15H,1,4,7-11H2,2H3/t13-/m1/s1. The second-order valence-corrected chi connectivity index (χ2v) is 5.98. The zero-order valence-electron chi connectivity index (χ0n) is 13.4. The highest BCUT2D eigenvalue weighted by molar-refractivity contribution is 6.30. The summed E-state index contributed by atoms with van der Waals surface area (Å²) in [6, 6.07) is 3.74. The summed E-state index contributed by atoms with van der Waals surface area (Å²) in [6.45, 7) is 7.43. The average Bonchev–Trinajstić information content (AvgIpc) is 2.56. The van der Waals surface area contributed by atoms with E-state index in [0.29, 0.717) is 11.6 Å². The molecule has 0 saturated carbocycles. The van der Waals surface area contributed by atoms with Crippen LogP contribution < -0.4 is 4.90 Å². The third-order valence-corrected chi connectivity index (χ3v) is 4.01. The molecular formula is C17H23ClN2O3. The highest BCUT2D eigenvalue weighted by Crippen LogP contribution is 2.21. The van der Waals surface area contributed by atoms with Crippen molar-refractivity contribution in [2.75, 3.05) is 24.6 Å². The van der Waals surface area contributed by atoms with E-state index in [1.54, 1.807) is 19.2 Å². The van der Waals surface area contributed by atoms with Crippen LogP contribution in [-0.4, -0.2) is 42.9 Å². The summed E-state index contributed by atoms with van der Waals surface area (Å²) in [5.74, 6) is 0.609. The van der Waals surface area contributed by atoms with Gasteiger partial charge in [0.15, 0.2) is 6.10 Å². The van der Waals surface area contributed by atoms with Gasteiger partial charge in [0, 0.05) is 32.1 Å². The van der Waals surface area contributed by atoms with Gasteiger partial charge in [0.2, 0.25) is 0 Å². The number of carbonyl (C=O) groups is 1. The molecule has 0 spiro atoms. The molecule has 1 saturated heterocycles. The molecule has 0 radical (unpaired) electrons. The van der Waals surface area contributed by atoms with E-state index in [4.69, 9.17) is 21.1 Å². The normalized spacial score (nSPS) is 16.9. The molecule has 1 aliphatic heterocycles. The van der Waals surface area contributed by atoms with Crippen molar-refractivity contribution >= 4 is 23.4 Å². The Morgan fingerprint density at radius 3 is 2.87 bits per heavy atom. The van der Waals surface area contributed by atoms with Crippen LogP contribution in [0.5, 0.6) is 0 Å². The Bertz CT molecular complexity index is 513. The summed E-state index contributed by atoms with van der Waals surface area (Å²) < 4.78 is 10.9. The molecule has 1 aromatic rings. The summed E-state index contributed by atoms with van der Waals surface area (Å²) in [7, 11) is 0. The first kappa shape index (κ1) is 17.8. The molecule has 2 rings (SSSR count). The van der Waals surface area contributed by atoms with Crippen molar-refractivity contribution in [1.82, 2.24) is 4.98 Å². The van der Waals surface area contributed by atoms with E-state index in [9.17, 15) is 4.79 Å². The Morgan fingerprint density at radius 2 is 2.26 bits per heavy atom. The van der Waals surface area contributed by atoms with Crippen LogP contribution in [0.15, 0.2) is 31.0 Å². The number of esters is 1. The lowest BCUT2D eigenvalue weighted by Crippen LogP contribution is -2.39. The Morgan fingerprint density at radius 1 is 1.52 bits per heavy atom. The van der Waals surface area contributed by atoms with Crippen LogP contribution in [0.3, 0.4) is 0 Å². The number of aromatic nitrogens is 1. The number of anilines is 1. The van der Waals surface area contributed by atoms with Gasteiger partial charge in [-0.2, -0.15) is 0 Å². The van der Waals surface area contributed by atoms with Gasteiger partial charge in [-0.15, -0.1) is 6.58 Å². The number of piperidine rings is 1. The SMILES string of the molecule is C=CCCO[C@H](C)C(=O)OC1CCN(c2ccc(Cl)cn2)CC1. The molecule has 1 atom stereocenters. The van der Waals surface area contributed by atoms with Crippen molar-refractivity contribution in [3.05, 3.63) is 36.0 Å². The van der Waals surface area contributed by atoms with Crippen LogP contribution in [0, 0.1) is 0 Å². The largest absolute Gasteiger partial charge is 0.460 e. The van der Waals surface area contributed by atoms with Gasteiger partial charge in [0.05, 0.1) is 11.6 Å². The van der Waals surface area contributed by atoms with Crippen LogP contribution in [0.4, 0.5) is 5.82 Å². The fourth-order valence-electron chi connectivity index (χ4n) is 2.41. The van der Waals surface area contributed by atoms with Crippen molar-refractivity contribution in [2.45, 2.75) is 38.4 Å². The number of nitrogens with zero attached hydrogens (tertiary/aromatic N) is 2. The molecule has 0 aromatic carbocycles. The average molecular weight is 339 g/mol. The Labute approximate surface area is 142 Å². The number of pyridine rings is 1. The van der Waals surface area contributed by atoms with E-state index in [1.807, 2.05) is 12.1 Å². The summed E-state index contributed by atoms with van der Waals surface area (Å²) in [5.41, 5.74) is 0. The van der Waals surface area contributed by atoms with Gasteiger partial charge >= 0.3 is 5.97 Å². The predicted molar refractivity (Wildman–Crippen MR) is 90.8 cm³/mol. The molecule has 23 heavy (non-hydrogen) atoms. The van der Waals surface area contributed by atoms with Gasteiger partial charge in [-0.1, -0.05) is 17.7 Å². The maximum absolute atomic E-state index is 12.0. The summed E-state index contributed by atoms with van der Waals surface area (Å²) >= 11 is 5.85. The second-order valence-electron chi connectivity index (χ2n) is 5.55. The molecule has 1 aromatic heterocycles. The van der Waals surface area contributed by atoms with E-state index < -0.39 is 6.10 Å². The Kier molecular flexibility index (Phi) is 6.86. The lowest BCUT2D eigenvalue weighted by Gasteiger charge is -2.32. The van der Waals surface area contributed by atoms with E-state index in [0.717, 1.165) is 38.2 Å². The van der Waals surface area contributed by atoms with Gasteiger partial charge in [-0.3, -0.25) is 0 Å². The van der Waals surface area contributed by atoms with Crippen LogP contribution in [0.2, 0.25) is 5.02 Å². The zero-order chi connectivity index (χ0) is 16.7. The van der Waals surface area contributed by atoms with Crippen LogP contribution in [-0.2, 0) is 14.3 Å². The molecule has 0 unspecified atom stereocenters. The Hall–Kier alpha value is -1.59. The zero-order valence-corrected chi connectivity index (χ0v) is 14.2. The monoisotopic (exact) mass is 338 g/mol. The van der Waals surface area contributed by atoms with E-state index in [1.165, 1.54) is 0 Å². The van der Waals surface area contributed by atoms with Gasteiger partial charge in [0.25, 0.3) is 0 Å². The number of rotatable bonds is 7. The maximum atomic E-state index is 12.0. The minimum Gasteiger partial charge on any atom is -0.460 e. The van der Waals surface area contributed by atoms with Crippen molar-refractivity contribution in [3.8, 4) is 0 Å². The minimum absolute atomic E-state index is 0.0588.